The van der Waals surface area contributed by atoms with Crippen molar-refractivity contribution in [3.63, 3.8) is 0 Å². The van der Waals surface area contributed by atoms with Gasteiger partial charge in [0.05, 0.1) is 12.6 Å². The fourth-order valence-corrected chi connectivity index (χ4v) is 4.12. The third-order valence-corrected chi connectivity index (χ3v) is 5.67. The molecule has 1 aromatic carbocycles. The highest BCUT2D eigenvalue weighted by Crippen LogP contribution is 2.27. The average Bonchev–Trinajstić information content (AvgIpc) is 2.72. The van der Waals surface area contributed by atoms with Gasteiger partial charge in [-0.2, -0.15) is 0 Å². The lowest BCUT2D eigenvalue weighted by Gasteiger charge is -2.17. The average molecular weight is 519 g/mol. The number of rotatable bonds is 10. The second-order valence-corrected chi connectivity index (χ2v) is 8.23. The quantitative estimate of drug-likeness (QED) is 0.267. The first kappa shape index (κ1) is 24.3. The topological polar surface area (TPSA) is 48.3 Å². The second kappa shape index (κ2) is 11.4. The fourth-order valence-electron chi connectivity index (χ4n) is 3.60. The Hall–Kier alpha value is -1.99. The Morgan fingerprint density at radius 3 is 2.63 bits per heavy atom. The molecule has 0 bridgehead atoms. The highest BCUT2D eigenvalue weighted by molar-refractivity contribution is 14.1. The van der Waals surface area contributed by atoms with Crippen LogP contribution < -0.4 is 5.56 Å². The van der Waals surface area contributed by atoms with E-state index in [1.165, 1.54) is 0 Å². The van der Waals surface area contributed by atoms with Crippen LogP contribution in [0, 0.1) is 0 Å². The fraction of sp³-hybridized carbons (Fsp3) is 0.360. The summed E-state index contributed by atoms with van der Waals surface area (Å²) in [5.74, 6) is -0.216. The number of fused-ring (bicyclic) bond motifs is 1. The van der Waals surface area contributed by atoms with Gasteiger partial charge >= 0.3 is 0 Å². The van der Waals surface area contributed by atoms with Crippen LogP contribution in [-0.2, 0) is 7.86 Å². The van der Waals surface area contributed by atoms with Gasteiger partial charge in [-0.3, -0.25) is 9.59 Å². The lowest BCUT2D eigenvalue weighted by molar-refractivity contribution is -0.119. The van der Waals surface area contributed by atoms with Gasteiger partial charge in [-0.1, -0.05) is 56.4 Å². The van der Waals surface area contributed by atoms with Crippen LogP contribution in [0.4, 0.5) is 0 Å². The van der Waals surface area contributed by atoms with Crippen molar-refractivity contribution in [2.75, 3.05) is 6.61 Å². The minimum absolute atomic E-state index is 0.0676. The summed E-state index contributed by atoms with van der Waals surface area (Å²) < 4.78 is 6.84. The largest absolute Gasteiger partial charge is 0.314 e. The molecule has 2 aromatic rings. The molecule has 0 fully saturated rings. The number of pyridine rings is 1. The minimum Gasteiger partial charge on any atom is -0.314 e. The first-order chi connectivity index (χ1) is 14.3. The Kier molecular flexibility index (Phi) is 9.24. The highest BCUT2D eigenvalue weighted by Gasteiger charge is 2.20. The Balaban J connectivity index is 2.39. The molecule has 0 amide bonds. The number of benzene rings is 1. The molecule has 2 rings (SSSR count). The van der Waals surface area contributed by atoms with Gasteiger partial charge in [0, 0.05) is 23.9 Å². The molecule has 1 heterocycles. The van der Waals surface area contributed by atoms with Crippen LogP contribution in [0.1, 0.15) is 58.1 Å². The van der Waals surface area contributed by atoms with Crippen molar-refractivity contribution >= 4 is 39.6 Å². The molecule has 0 N–H and O–H groups in total. The molecule has 4 nitrogen and oxygen atoms in total. The van der Waals surface area contributed by atoms with Gasteiger partial charge in [-0.15, -0.1) is 0 Å². The summed E-state index contributed by atoms with van der Waals surface area (Å²) in [7, 11) is 0. The third-order valence-electron chi connectivity index (χ3n) is 5.31. The molecule has 5 heteroatoms. The zero-order chi connectivity index (χ0) is 22.3. The van der Waals surface area contributed by atoms with E-state index in [1.54, 1.807) is 16.8 Å². The molecule has 30 heavy (non-hydrogen) atoms. The van der Waals surface area contributed by atoms with Gasteiger partial charge in [-0.05, 0) is 48.9 Å². The summed E-state index contributed by atoms with van der Waals surface area (Å²) in [6.07, 6.45) is 8.94. The van der Waals surface area contributed by atoms with Crippen molar-refractivity contribution in [2.45, 2.75) is 52.5 Å². The number of allylic oxidation sites excluding steroid dienone is 5. The lowest BCUT2D eigenvalue weighted by atomic mass is 9.89. The van der Waals surface area contributed by atoms with Gasteiger partial charge in [0.1, 0.15) is 28.8 Å². The van der Waals surface area contributed by atoms with Crippen LogP contribution >= 0.6 is 23.0 Å². The van der Waals surface area contributed by atoms with E-state index in [0.29, 0.717) is 18.4 Å². The number of hydrogen-bond acceptors (Lipinski definition) is 3. The molecule has 0 spiro atoms. The summed E-state index contributed by atoms with van der Waals surface area (Å²) in [4.78, 5) is 26.0. The van der Waals surface area contributed by atoms with Crippen molar-refractivity contribution in [2.24, 2.45) is 0 Å². The van der Waals surface area contributed by atoms with E-state index in [2.05, 4.69) is 19.6 Å². The normalized spacial score (nSPS) is 14.6. The number of carbonyl (C=O) groups is 1. The number of nitrogens with zero attached hydrogens (tertiary/aromatic N) is 1. The number of hydrogen-bond donors (Lipinski definition) is 0. The SMILES string of the molecule is C=C/C(=C\C(C)=C/CC)CC(=O)[C@@H](C)c1cccc2c(=O)n(C(C)COI)ccc12. The summed E-state index contributed by atoms with van der Waals surface area (Å²) in [6, 6.07) is 7.47. The van der Waals surface area contributed by atoms with E-state index >= 15 is 0 Å². The second-order valence-electron chi connectivity index (χ2n) is 7.61. The van der Waals surface area contributed by atoms with Gasteiger partial charge in [0.15, 0.2) is 0 Å². The lowest BCUT2D eigenvalue weighted by Crippen LogP contribution is -2.25. The molecule has 0 saturated carbocycles. The van der Waals surface area contributed by atoms with Crippen LogP contribution in [0.3, 0.4) is 0 Å². The first-order valence-corrected chi connectivity index (χ1v) is 11.1. The first-order valence-electron chi connectivity index (χ1n) is 10.2. The van der Waals surface area contributed by atoms with Crippen LogP contribution in [-0.4, -0.2) is 17.0 Å². The van der Waals surface area contributed by atoms with Crippen molar-refractivity contribution in [3.05, 3.63) is 82.3 Å². The van der Waals surface area contributed by atoms with Crippen molar-refractivity contribution in [1.82, 2.24) is 4.57 Å². The van der Waals surface area contributed by atoms with E-state index < -0.39 is 0 Å². The number of carbonyl (C=O) groups excluding carboxylic acids is 1. The summed E-state index contributed by atoms with van der Waals surface area (Å²) in [6.45, 7) is 12.3. The van der Waals surface area contributed by atoms with E-state index in [0.717, 1.165) is 28.5 Å². The van der Waals surface area contributed by atoms with Crippen molar-refractivity contribution in [1.29, 1.82) is 0 Å². The highest BCUT2D eigenvalue weighted by atomic mass is 127. The Morgan fingerprint density at radius 2 is 2.00 bits per heavy atom. The predicted octanol–water partition coefficient (Wildman–Crippen LogP) is 6.46. The summed E-state index contributed by atoms with van der Waals surface area (Å²) >= 11 is 1.84. The number of aromatic nitrogens is 1. The maximum absolute atomic E-state index is 13.0. The monoisotopic (exact) mass is 519 g/mol. The number of halogens is 1. The van der Waals surface area contributed by atoms with Crippen LogP contribution in [0.25, 0.3) is 10.8 Å². The van der Waals surface area contributed by atoms with Crippen LogP contribution in [0.15, 0.2) is 71.2 Å². The van der Waals surface area contributed by atoms with E-state index in [4.69, 9.17) is 3.07 Å². The van der Waals surface area contributed by atoms with Crippen LogP contribution in [0.5, 0.6) is 0 Å². The minimum atomic E-state index is -0.321. The predicted molar refractivity (Wildman–Crippen MR) is 133 cm³/mol. The Bertz CT molecular complexity index is 1030. The van der Waals surface area contributed by atoms with Gasteiger partial charge < -0.3 is 7.63 Å². The van der Waals surface area contributed by atoms with Gasteiger partial charge in [0.2, 0.25) is 0 Å². The van der Waals surface area contributed by atoms with E-state index in [9.17, 15) is 9.59 Å². The van der Waals surface area contributed by atoms with Crippen molar-refractivity contribution in [3.8, 4) is 0 Å². The maximum atomic E-state index is 13.0. The molecule has 1 aromatic heterocycles. The smallest absolute Gasteiger partial charge is 0.258 e. The Morgan fingerprint density at radius 1 is 1.27 bits per heavy atom. The number of Topliss-reactive ketones (excluding diaryl/α,β-unsaturated/α-hetero) is 1. The summed E-state index contributed by atoms with van der Waals surface area (Å²) in [5.41, 5.74) is 2.85. The molecular formula is C25H30INO3. The molecular weight excluding hydrogens is 489 g/mol. The molecule has 0 radical (unpaired) electrons. The maximum Gasteiger partial charge on any atom is 0.258 e. The molecule has 160 valence electrons. The summed E-state index contributed by atoms with van der Waals surface area (Å²) in [5, 5.41) is 1.45. The van der Waals surface area contributed by atoms with E-state index in [-0.39, 0.29) is 23.3 Å². The molecule has 0 aliphatic rings. The molecule has 2 atom stereocenters. The molecule has 0 aliphatic carbocycles. The van der Waals surface area contributed by atoms with Crippen molar-refractivity contribution < 1.29 is 7.86 Å². The molecule has 0 saturated heterocycles. The Labute approximate surface area is 193 Å². The zero-order valence-corrected chi connectivity index (χ0v) is 20.3. The van der Waals surface area contributed by atoms with Crippen LogP contribution in [0.2, 0.25) is 0 Å². The molecule has 0 aliphatic heterocycles. The van der Waals surface area contributed by atoms with Gasteiger partial charge in [-0.25, -0.2) is 0 Å². The molecule has 1 unspecified atom stereocenters. The standard InChI is InChI=1S/C25H30INO3/c1-6-9-17(3)14-20(7-2)15-24(28)19(5)21-10-8-11-23-22(21)12-13-27(25(23)29)18(4)16-30-26/h7-14,18-19H,2,6,15-16H2,1,3-5H3/b17-9-,20-14+/t18?,19-/m0/s1. The number of ketones is 1. The zero-order valence-electron chi connectivity index (χ0n) is 18.2. The van der Waals surface area contributed by atoms with E-state index in [1.807, 2.05) is 74.1 Å². The van der Waals surface area contributed by atoms with Gasteiger partial charge in [0.25, 0.3) is 5.56 Å². The third kappa shape index (κ3) is 5.79.